The lowest BCUT2D eigenvalue weighted by molar-refractivity contribution is -0.145. The molecule has 1 saturated heterocycles. The fraction of sp³-hybridized carbons (Fsp3) is 0.625. The Morgan fingerprint density at radius 1 is 1.05 bits per heavy atom. The number of rotatable bonds is 8. The van der Waals surface area contributed by atoms with Crippen LogP contribution in [-0.2, 0) is 24.4 Å². The van der Waals surface area contributed by atoms with Crippen molar-refractivity contribution in [1.82, 2.24) is 24.8 Å². The minimum atomic E-state index is -3.94. The summed E-state index contributed by atoms with van der Waals surface area (Å²) in [4.78, 5) is 63.8. The first-order chi connectivity index (χ1) is 26.7. The number of nitrogens with one attached hydrogen (secondary N) is 2. The summed E-state index contributed by atoms with van der Waals surface area (Å²) >= 11 is 0. The second kappa shape index (κ2) is 14.5. The number of sulfonamides is 1. The molecule has 1 aromatic carbocycles. The van der Waals surface area contributed by atoms with E-state index in [-0.39, 0.29) is 48.4 Å². The van der Waals surface area contributed by atoms with Crippen molar-refractivity contribution in [2.75, 3.05) is 13.7 Å². The zero-order chi connectivity index (χ0) is 39.7. The molecule has 0 spiro atoms. The number of nitrogens with zero attached hydrogens (tertiary/aromatic N) is 3. The number of amides is 4. The molecule has 3 N–H and O–H groups in total. The fourth-order valence-corrected chi connectivity index (χ4v) is 11.0. The molecule has 8 rings (SSSR count). The highest BCUT2D eigenvalue weighted by Gasteiger charge is 2.62. The Morgan fingerprint density at radius 3 is 2.50 bits per heavy atom. The summed E-state index contributed by atoms with van der Waals surface area (Å²) in [5.74, 6) is -2.41. The molecule has 14 nitrogen and oxygen atoms in total. The maximum Gasteiger partial charge on any atom is 0.408 e. The van der Waals surface area contributed by atoms with Crippen LogP contribution in [0.25, 0.3) is 10.8 Å². The van der Waals surface area contributed by atoms with Gasteiger partial charge in [0.05, 0.1) is 18.9 Å². The smallest absolute Gasteiger partial charge is 0.408 e. The SMILES string of the molecule is COc1ccc2c(O[C@@H]3C[C@H]4C(=O)N[C@]5(C(=O)NS(=O)(=O)C6CC6)C[C@H]5/C=C\CC[C@H](C)C[C@@H](C)[C@H](N(C(=O)O)C5CC6C[C@H]6C5)C(=O)N4C3)nccc2c1F. The van der Waals surface area contributed by atoms with Crippen molar-refractivity contribution in [2.24, 2.45) is 29.6 Å². The van der Waals surface area contributed by atoms with Gasteiger partial charge in [-0.05, 0) is 99.7 Å². The van der Waals surface area contributed by atoms with Crippen molar-refractivity contribution >= 4 is 44.6 Å². The molecule has 4 amide bonds. The average Bonchev–Trinajstić information content (AvgIpc) is 4.11. The Morgan fingerprint density at radius 2 is 1.80 bits per heavy atom. The van der Waals surface area contributed by atoms with Crippen LogP contribution in [0.4, 0.5) is 9.18 Å². The number of halogens is 1. The van der Waals surface area contributed by atoms with Crippen molar-refractivity contribution < 1.29 is 46.6 Å². The Balaban J connectivity index is 1.16. The number of pyridine rings is 1. The third-order valence-electron chi connectivity index (χ3n) is 13.0. The predicted molar refractivity (Wildman–Crippen MR) is 201 cm³/mol. The van der Waals surface area contributed by atoms with Gasteiger partial charge in [-0.25, -0.2) is 22.6 Å². The topological polar surface area (TPSA) is 185 Å². The van der Waals surface area contributed by atoms with Gasteiger partial charge in [-0.3, -0.25) is 24.0 Å². The van der Waals surface area contributed by atoms with Crippen LogP contribution in [-0.4, -0.2) is 101 Å². The second-order valence-electron chi connectivity index (χ2n) is 17.1. The number of methoxy groups -OCH3 is 1. The highest BCUT2D eigenvalue weighted by atomic mass is 32.2. The van der Waals surface area contributed by atoms with E-state index in [0.29, 0.717) is 55.7 Å². The molecular formula is C40H50FN5O9S. The maximum absolute atomic E-state index is 15.3. The number of ether oxygens (including phenoxy) is 2. The van der Waals surface area contributed by atoms with Crippen LogP contribution in [0, 0.1) is 35.4 Å². The first-order valence-corrected chi connectivity index (χ1v) is 21.4. The minimum absolute atomic E-state index is 0.0387. The highest BCUT2D eigenvalue weighted by Crippen LogP contribution is 2.54. The number of allylic oxidation sites excluding steroid dienone is 1. The fourth-order valence-electron chi connectivity index (χ4n) is 9.66. The lowest BCUT2D eigenvalue weighted by Gasteiger charge is -2.40. The van der Waals surface area contributed by atoms with Gasteiger partial charge in [0.25, 0.3) is 5.91 Å². The van der Waals surface area contributed by atoms with Crippen LogP contribution in [0.3, 0.4) is 0 Å². The Labute approximate surface area is 325 Å². The standard InChI is InChI=1S/C40H50FN5O9S/c1-21-6-4-5-7-25-19-40(25,38(49)44-56(52,53)28-8-9-28)43-35(47)31-18-27(55-36-30-10-11-32(54-3)33(41)29(30)12-13-42-36)20-45(31)37(48)34(22(2)14-21)46(39(50)51)26-16-23-15-24(23)17-26/h5,7,10-13,21-28,31,34H,4,6,8-9,14-20H2,1-3H3,(H,43,47)(H,44,49)(H,50,51)/b7-5-/t21-,22+,23-,24?,25+,26?,27+,31-,34-,40+/m0/s1. The molecule has 10 atom stereocenters. The Bertz CT molecular complexity index is 2070. The lowest BCUT2D eigenvalue weighted by atomic mass is 9.86. The molecule has 56 heavy (non-hydrogen) atoms. The third-order valence-corrected chi connectivity index (χ3v) is 14.8. The monoisotopic (exact) mass is 795 g/mol. The maximum atomic E-state index is 15.3. The van der Waals surface area contributed by atoms with E-state index in [1.165, 1.54) is 35.2 Å². The summed E-state index contributed by atoms with van der Waals surface area (Å²) < 4.78 is 54.8. The number of fused-ring (bicyclic) bond motifs is 4. The summed E-state index contributed by atoms with van der Waals surface area (Å²) in [6.07, 6.45) is 8.55. The molecule has 0 radical (unpaired) electrons. The second-order valence-corrected chi connectivity index (χ2v) is 19.0. The van der Waals surface area contributed by atoms with Gasteiger partial charge in [0.15, 0.2) is 11.6 Å². The zero-order valence-corrected chi connectivity index (χ0v) is 32.7. The molecule has 2 unspecified atom stereocenters. The van der Waals surface area contributed by atoms with E-state index in [0.717, 1.165) is 12.8 Å². The molecular weight excluding hydrogens is 746 g/mol. The van der Waals surface area contributed by atoms with Gasteiger partial charge in [-0.1, -0.05) is 26.0 Å². The number of carboxylic acid groups (broad SMARTS) is 1. The van der Waals surface area contributed by atoms with Crippen LogP contribution in [0.15, 0.2) is 36.5 Å². The normalized spacial score (nSPS) is 34.9. The molecule has 6 aliphatic rings. The summed E-state index contributed by atoms with van der Waals surface area (Å²) in [5, 5.41) is 13.5. The average molecular weight is 796 g/mol. The molecule has 302 valence electrons. The number of hydrogen-bond acceptors (Lipinski definition) is 9. The summed E-state index contributed by atoms with van der Waals surface area (Å²) in [7, 11) is -2.57. The molecule has 1 aromatic heterocycles. The highest BCUT2D eigenvalue weighted by molar-refractivity contribution is 7.91. The molecule has 3 heterocycles. The summed E-state index contributed by atoms with van der Waals surface area (Å²) in [5.41, 5.74) is -1.56. The minimum Gasteiger partial charge on any atom is -0.494 e. The number of benzene rings is 1. The first kappa shape index (κ1) is 38.4. The summed E-state index contributed by atoms with van der Waals surface area (Å²) in [6, 6.07) is 1.91. The largest absolute Gasteiger partial charge is 0.494 e. The van der Waals surface area contributed by atoms with E-state index in [1.54, 1.807) is 6.07 Å². The zero-order valence-electron chi connectivity index (χ0n) is 31.9. The van der Waals surface area contributed by atoms with Crippen molar-refractivity contribution in [1.29, 1.82) is 0 Å². The third kappa shape index (κ3) is 7.17. The van der Waals surface area contributed by atoms with E-state index < -0.39 is 80.5 Å². The lowest BCUT2D eigenvalue weighted by Crippen LogP contribution is -2.61. The van der Waals surface area contributed by atoms with Crippen LogP contribution in [0.5, 0.6) is 11.6 Å². The van der Waals surface area contributed by atoms with Gasteiger partial charge in [0.1, 0.15) is 23.7 Å². The van der Waals surface area contributed by atoms with Crippen molar-refractivity contribution in [3.63, 3.8) is 0 Å². The molecule has 4 aliphatic carbocycles. The number of aromatic nitrogens is 1. The van der Waals surface area contributed by atoms with Gasteiger partial charge in [-0.2, -0.15) is 0 Å². The molecule has 4 saturated carbocycles. The molecule has 5 fully saturated rings. The predicted octanol–water partition coefficient (Wildman–Crippen LogP) is 4.37. The van der Waals surface area contributed by atoms with Crippen LogP contribution in [0.1, 0.15) is 78.1 Å². The first-order valence-electron chi connectivity index (χ1n) is 19.8. The van der Waals surface area contributed by atoms with Crippen molar-refractivity contribution in [3.05, 3.63) is 42.4 Å². The van der Waals surface area contributed by atoms with Gasteiger partial charge in [0, 0.05) is 35.3 Å². The molecule has 16 heteroatoms. The van der Waals surface area contributed by atoms with Crippen molar-refractivity contribution in [2.45, 2.75) is 113 Å². The van der Waals surface area contributed by atoms with Gasteiger partial charge < -0.3 is 24.8 Å². The van der Waals surface area contributed by atoms with E-state index in [2.05, 4.69) is 21.9 Å². The quantitative estimate of drug-likeness (QED) is 0.324. The van der Waals surface area contributed by atoms with Gasteiger partial charge in [0.2, 0.25) is 27.7 Å². The summed E-state index contributed by atoms with van der Waals surface area (Å²) in [6.45, 7) is 3.85. The van der Waals surface area contributed by atoms with E-state index in [1.807, 2.05) is 19.1 Å². The van der Waals surface area contributed by atoms with Crippen LogP contribution < -0.4 is 19.5 Å². The van der Waals surface area contributed by atoms with Crippen LogP contribution >= 0.6 is 0 Å². The van der Waals surface area contributed by atoms with E-state index in [4.69, 9.17) is 9.47 Å². The van der Waals surface area contributed by atoms with E-state index in [9.17, 15) is 27.9 Å². The van der Waals surface area contributed by atoms with Crippen molar-refractivity contribution in [3.8, 4) is 11.6 Å². The van der Waals surface area contributed by atoms with E-state index >= 15 is 9.18 Å². The van der Waals surface area contributed by atoms with Gasteiger partial charge >= 0.3 is 6.09 Å². The molecule has 0 bridgehead atoms. The van der Waals surface area contributed by atoms with Gasteiger partial charge in [-0.15, -0.1) is 0 Å². The molecule has 2 aromatic rings. The Kier molecular flexibility index (Phi) is 9.93. The number of hydrogen-bond donors (Lipinski definition) is 3. The molecule has 2 aliphatic heterocycles. The number of carbonyl (C=O) groups is 4. The number of carbonyl (C=O) groups excluding carboxylic acids is 3. The van der Waals surface area contributed by atoms with Crippen LogP contribution in [0.2, 0.25) is 0 Å². The Hall–Kier alpha value is -4.47.